The van der Waals surface area contributed by atoms with Gasteiger partial charge in [-0.1, -0.05) is 31.2 Å². The van der Waals surface area contributed by atoms with Crippen molar-refractivity contribution in [2.75, 3.05) is 33.9 Å². The Labute approximate surface area is 228 Å². The van der Waals surface area contributed by atoms with E-state index in [2.05, 4.69) is 9.88 Å². The van der Waals surface area contributed by atoms with Gasteiger partial charge in [0.25, 0.3) is 5.91 Å². The minimum absolute atomic E-state index is 0.0454. The first-order valence-corrected chi connectivity index (χ1v) is 12.9. The van der Waals surface area contributed by atoms with Gasteiger partial charge in [0.15, 0.2) is 0 Å². The lowest BCUT2D eigenvalue weighted by molar-refractivity contribution is 0.0325. The predicted molar refractivity (Wildman–Crippen MR) is 147 cm³/mol. The third kappa shape index (κ3) is 6.55. The molecule has 206 valence electrons. The van der Waals surface area contributed by atoms with Crippen LogP contribution in [0, 0.1) is 5.92 Å². The summed E-state index contributed by atoms with van der Waals surface area (Å²) in [7, 11) is 3.58. The summed E-state index contributed by atoms with van der Waals surface area (Å²) in [5, 5.41) is 19.1. The largest absolute Gasteiger partial charge is 0.497 e. The molecule has 0 radical (unpaired) electrons. The van der Waals surface area contributed by atoms with Gasteiger partial charge in [-0.3, -0.25) is 9.69 Å². The molecule has 3 atom stereocenters. The first kappa shape index (κ1) is 28.1. The van der Waals surface area contributed by atoms with E-state index in [1.807, 2.05) is 57.3 Å². The summed E-state index contributed by atoms with van der Waals surface area (Å²) in [6.45, 7) is 5.27. The molecule has 0 saturated heterocycles. The number of benzene rings is 2. The fourth-order valence-electron chi connectivity index (χ4n) is 4.70. The van der Waals surface area contributed by atoms with Gasteiger partial charge in [0.05, 0.1) is 25.3 Å². The SMILES string of the molecule is COc1ccc(-c2cnc3c(c2)C(=O)N([C@H](C)CO)C[C@@H](C)[C@@H](CN(C)Cc2ccc(C(=O)O)cc2)O3)cc1. The molecule has 0 fully saturated rings. The molecule has 0 bridgehead atoms. The van der Waals surface area contributed by atoms with Crippen molar-refractivity contribution in [3.63, 3.8) is 0 Å². The van der Waals surface area contributed by atoms with Crippen molar-refractivity contribution in [1.29, 1.82) is 0 Å². The Morgan fingerprint density at radius 1 is 1.18 bits per heavy atom. The minimum atomic E-state index is -0.954. The van der Waals surface area contributed by atoms with E-state index < -0.39 is 5.97 Å². The first-order chi connectivity index (χ1) is 18.7. The van der Waals surface area contributed by atoms with Crippen LogP contribution in [0.15, 0.2) is 60.8 Å². The van der Waals surface area contributed by atoms with E-state index in [0.717, 1.165) is 22.4 Å². The van der Waals surface area contributed by atoms with Crippen LogP contribution in [0.4, 0.5) is 0 Å². The van der Waals surface area contributed by atoms with Crippen LogP contribution in [0.25, 0.3) is 11.1 Å². The average Bonchev–Trinajstić information content (AvgIpc) is 2.94. The Bertz CT molecular complexity index is 1300. The number of hydrogen-bond donors (Lipinski definition) is 2. The summed E-state index contributed by atoms with van der Waals surface area (Å²) in [6.07, 6.45) is 1.41. The van der Waals surface area contributed by atoms with Crippen LogP contribution < -0.4 is 9.47 Å². The topological polar surface area (TPSA) is 112 Å². The van der Waals surface area contributed by atoms with Gasteiger partial charge in [0.2, 0.25) is 5.88 Å². The number of nitrogens with zero attached hydrogens (tertiary/aromatic N) is 3. The highest BCUT2D eigenvalue weighted by molar-refractivity contribution is 5.98. The molecule has 1 amide bonds. The first-order valence-electron chi connectivity index (χ1n) is 12.9. The molecule has 3 aromatic rings. The fourth-order valence-corrected chi connectivity index (χ4v) is 4.70. The molecule has 1 aliphatic heterocycles. The van der Waals surface area contributed by atoms with E-state index in [-0.39, 0.29) is 42.0 Å². The number of carboxylic acids is 1. The molecule has 1 aliphatic rings. The van der Waals surface area contributed by atoms with Crippen LogP contribution in [-0.2, 0) is 6.54 Å². The Hall–Kier alpha value is -3.95. The van der Waals surface area contributed by atoms with Gasteiger partial charge in [-0.2, -0.15) is 0 Å². The lowest BCUT2D eigenvalue weighted by atomic mass is 9.99. The molecule has 9 heteroatoms. The van der Waals surface area contributed by atoms with Gasteiger partial charge in [-0.05, 0) is 55.4 Å². The number of pyridine rings is 1. The number of aromatic carboxylic acids is 1. The molecule has 9 nitrogen and oxygen atoms in total. The number of rotatable bonds is 9. The number of aliphatic hydroxyl groups is 1. The Morgan fingerprint density at radius 2 is 1.87 bits per heavy atom. The number of methoxy groups -OCH3 is 1. The number of ether oxygens (including phenoxy) is 2. The van der Waals surface area contributed by atoms with E-state index in [0.29, 0.717) is 25.2 Å². The number of aromatic nitrogens is 1. The summed E-state index contributed by atoms with van der Waals surface area (Å²) in [6, 6.07) is 15.8. The number of carbonyl (C=O) groups is 2. The standard InChI is InChI=1S/C30H35N3O6/c1-19-15-33(20(2)18-34)29(35)26-13-24(22-9-11-25(38-4)12-10-22)14-31-28(26)39-27(19)17-32(3)16-21-5-7-23(8-6-21)30(36)37/h5-14,19-20,27,34H,15-18H2,1-4H3,(H,36,37)/t19-,20-,27-/m1/s1. The number of likely N-dealkylation sites (N-methyl/N-ethyl adjacent to an activating group) is 1. The molecular formula is C30H35N3O6. The second-order valence-electron chi connectivity index (χ2n) is 10.1. The average molecular weight is 534 g/mol. The zero-order valence-electron chi connectivity index (χ0n) is 22.7. The summed E-state index contributed by atoms with van der Waals surface area (Å²) in [5.41, 5.74) is 3.25. The van der Waals surface area contributed by atoms with E-state index >= 15 is 0 Å². The van der Waals surface area contributed by atoms with E-state index in [4.69, 9.17) is 14.6 Å². The van der Waals surface area contributed by atoms with Gasteiger partial charge in [-0.15, -0.1) is 0 Å². The third-order valence-corrected chi connectivity index (χ3v) is 7.09. The monoisotopic (exact) mass is 533 g/mol. The third-order valence-electron chi connectivity index (χ3n) is 7.09. The van der Waals surface area contributed by atoms with Crippen LogP contribution in [0.1, 0.15) is 40.1 Å². The second-order valence-corrected chi connectivity index (χ2v) is 10.1. The lowest BCUT2D eigenvalue weighted by Crippen LogP contribution is -2.49. The predicted octanol–water partition coefficient (Wildman–Crippen LogP) is 3.81. The summed E-state index contributed by atoms with van der Waals surface area (Å²) < 4.78 is 11.7. The maximum absolute atomic E-state index is 13.7. The summed E-state index contributed by atoms with van der Waals surface area (Å²) in [4.78, 5) is 33.2. The Kier molecular flexibility index (Phi) is 8.83. The molecule has 39 heavy (non-hydrogen) atoms. The van der Waals surface area contributed by atoms with Crippen LogP contribution in [0.5, 0.6) is 11.6 Å². The van der Waals surface area contributed by atoms with Crippen LogP contribution in [-0.4, -0.2) is 82.9 Å². The van der Waals surface area contributed by atoms with Crippen LogP contribution >= 0.6 is 0 Å². The van der Waals surface area contributed by atoms with Gasteiger partial charge in [0, 0.05) is 37.3 Å². The highest BCUT2D eigenvalue weighted by Gasteiger charge is 2.34. The van der Waals surface area contributed by atoms with Crippen molar-refractivity contribution in [2.45, 2.75) is 32.5 Å². The normalized spacial score (nSPS) is 18.1. The van der Waals surface area contributed by atoms with Gasteiger partial charge >= 0.3 is 5.97 Å². The molecular weight excluding hydrogens is 498 g/mol. The minimum Gasteiger partial charge on any atom is -0.497 e. The van der Waals surface area contributed by atoms with Crippen molar-refractivity contribution < 1.29 is 29.3 Å². The number of amides is 1. The van der Waals surface area contributed by atoms with Crippen molar-refractivity contribution in [1.82, 2.24) is 14.8 Å². The molecule has 0 aliphatic carbocycles. The van der Waals surface area contributed by atoms with E-state index in [1.54, 1.807) is 36.4 Å². The Morgan fingerprint density at radius 3 is 2.49 bits per heavy atom. The number of carbonyl (C=O) groups excluding carboxylic acids is 1. The molecule has 1 aromatic heterocycles. The smallest absolute Gasteiger partial charge is 0.335 e. The second kappa shape index (κ2) is 12.3. The molecule has 0 unspecified atom stereocenters. The maximum Gasteiger partial charge on any atom is 0.335 e. The molecule has 2 N–H and O–H groups in total. The van der Waals surface area contributed by atoms with E-state index in [1.165, 1.54) is 0 Å². The zero-order valence-corrected chi connectivity index (χ0v) is 22.7. The molecule has 4 rings (SSSR count). The number of hydrogen-bond acceptors (Lipinski definition) is 7. The van der Waals surface area contributed by atoms with Gasteiger partial charge < -0.3 is 24.6 Å². The molecule has 2 heterocycles. The van der Waals surface area contributed by atoms with Crippen molar-refractivity contribution in [3.8, 4) is 22.8 Å². The zero-order chi connectivity index (χ0) is 28.1. The highest BCUT2D eigenvalue weighted by Crippen LogP contribution is 2.31. The highest BCUT2D eigenvalue weighted by atomic mass is 16.5. The van der Waals surface area contributed by atoms with Crippen molar-refractivity contribution in [2.24, 2.45) is 5.92 Å². The Balaban J connectivity index is 1.61. The summed E-state index contributed by atoms with van der Waals surface area (Å²) in [5.74, 6) is -0.228. The van der Waals surface area contributed by atoms with Crippen molar-refractivity contribution in [3.05, 3.63) is 77.5 Å². The molecule has 0 saturated carbocycles. The number of aliphatic hydroxyl groups excluding tert-OH is 1. The van der Waals surface area contributed by atoms with Crippen molar-refractivity contribution >= 4 is 11.9 Å². The molecule has 2 aromatic carbocycles. The summed E-state index contributed by atoms with van der Waals surface area (Å²) >= 11 is 0. The number of fused-ring (bicyclic) bond motifs is 1. The van der Waals surface area contributed by atoms with Crippen LogP contribution in [0.3, 0.4) is 0 Å². The fraction of sp³-hybridized carbons (Fsp3) is 0.367. The van der Waals surface area contributed by atoms with E-state index in [9.17, 15) is 14.7 Å². The van der Waals surface area contributed by atoms with Gasteiger partial charge in [0.1, 0.15) is 17.4 Å². The number of carboxylic acid groups (broad SMARTS) is 1. The maximum atomic E-state index is 13.7. The quantitative estimate of drug-likeness (QED) is 0.427. The molecule has 0 spiro atoms. The lowest BCUT2D eigenvalue weighted by Gasteiger charge is -2.37. The van der Waals surface area contributed by atoms with Gasteiger partial charge in [-0.25, -0.2) is 9.78 Å². The van der Waals surface area contributed by atoms with Crippen LogP contribution in [0.2, 0.25) is 0 Å².